The summed E-state index contributed by atoms with van der Waals surface area (Å²) in [4.78, 5) is 27.6. The first kappa shape index (κ1) is 23.6. The summed E-state index contributed by atoms with van der Waals surface area (Å²) >= 11 is 7.28. The van der Waals surface area contributed by atoms with Crippen molar-refractivity contribution in [2.45, 2.75) is 6.61 Å². The summed E-state index contributed by atoms with van der Waals surface area (Å²) < 4.78 is 6.05. The Morgan fingerprint density at radius 2 is 1.83 bits per heavy atom. The van der Waals surface area contributed by atoms with E-state index in [1.165, 1.54) is 18.2 Å². The minimum Gasteiger partial charge on any atom is -0.489 e. The molecule has 0 spiro atoms. The molecule has 0 aromatic heterocycles. The molecule has 1 aliphatic rings. The van der Waals surface area contributed by atoms with Crippen molar-refractivity contribution in [3.8, 4) is 5.75 Å². The lowest BCUT2D eigenvalue weighted by molar-refractivity contribution is -0.384. The number of aliphatic imine (C=N–C) groups is 1. The number of fused-ring (bicyclic) bond motifs is 1. The van der Waals surface area contributed by atoms with Crippen molar-refractivity contribution < 1.29 is 14.5 Å². The molecular formula is C27H18ClN3O4S. The number of ether oxygens (including phenoxy) is 1. The predicted octanol–water partition coefficient (Wildman–Crippen LogP) is 6.87. The van der Waals surface area contributed by atoms with Crippen LogP contribution in [0.4, 0.5) is 11.4 Å². The van der Waals surface area contributed by atoms with Crippen LogP contribution < -0.4 is 10.1 Å². The van der Waals surface area contributed by atoms with Crippen LogP contribution in [0.3, 0.4) is 0 Å². The van der Waals surface area contributed by atoms with Crippen LogP contribution in [0.5, 0.6) is 5.75 Å². The molecule has 0 bridgehead atoms. The third kappa shape index (κ3) is 5.25. The molecule has 178 valence electrons. The first-order chi connectivity index (χ1) is 17.5. The van der Waals surface area contributed by atoms with Gasteiger partial charge in [0.15, 0.2) is 5.17 Å². The fraction of sp³-hybridized carbons (Fsp3) is 0.0370. The molecule has 1 saturated heterocycles. The highest BCUT2D eigenvalue weighted by Gasteiger charge is 2.24. The summed E-state index contributed by atoms with van der Waals surface area (Å²) in [6.45, 7) is 0.420. The van der Waals surface area contributed by atoms with E-state index < -0.39 is 4.92 Å². The van der Waals surface area contributed by atoms with Gasteiger partial charge in [0.05, 0.1) is 20.5 Å². The number of nitro groups is 1. The normalized spacial score (nSPS) is 15.4. The van der Waals surface area contributed by atoms with E-state index in [0.29, 0.717) is 28.1 Å². The van der Waals surface area contributed by atoms with E-state index in [1.807, 2.05) is 48.5 Å². The Bertz CT molecular complexity index is 1560. The van der Waals surface area contributed by atoms with Gasteiger partial charge in [0.1, 0.15) is 12.4 Å². The van der Waals surface area contributed by atoms with E-state index in [9.17, 15) is 14.9 Å². The Morgan fingerprint density at radius 3 is 2.67 bits per heavy atom. The van der Waals surface area contributed by atoms with Gasteiger partial charge in [-0.2, -0.15) is 0 Å². The molecule has 0 atom stereocenters. The second-order valence-electron chi connectivity index (χ2n) is 7.87. The topological polar surface area (TPSA) is 93.8 Å². The first-order valence-electron chi connectivity index (χ1n) is 10.9. The Labute approximate surface area is 215 Å². The summed E-state index contributed by atoms with van der Waals surface area (Å²) in [7, 11) is 0. The van der Waals surface area contributed by atoms with Crippen LogP contribution in [0, 0.1) is 10.1 Å². The van der Waals surface area contributed by atoms with Crippen LogP contribution in [-0.2, 0) is 11.4 Å². The lowest BCUT2D eigenvalue weighted by Crippen LogP contribution is -2.19. The fourth-order valence-electron chi connectivity index (χ4n) is 3.71. The van der Waals surface area contributed by atoms with Crippen molar-refractivity contribution in [3.05, 3.63) is 116 Å². The molecule has 4 aromatic carbocycles. The van der Waals surface area contributed by atoms with E-state index in [1.54, 1.807) is 6.08 Å². The molecule has 1 N–H and O–H groups in total. The number of non-ortho nitro benzene ring substituents is 1. The molecule has 4 aromatic rings. The molecule has 0 aliphatic carbocycles. The van der Waals surface area contributed by atoms with Gasteiger partial charge in [-0.15, -0.1) is 0 Å². The van der Waals surface area contributed by atoms with E-state index in [-0.39, 0.29) is 16.6 Å². The van der Waals surface area contributed by atoms with Crippen LogP contribution in [-0.4, -0.2) is 16.0 Å². The van der Waals surface area contributed by atoms with Gasteiger partial charge >= 0.3 is 0 Å². The number of carbonyl (C=O) groups excluding carboxylic acids is 1. The molecular weight excluding hydrogens is 498 g/mol. The van der Waals surface area contributed by atoms with Gasteiger partial charge in [-0.25, -0.2) is 4.99 Å². The summed E-state index contributed by atoms with van der Waals surface area (Å²) in [5, 5.41) is 16.4. The maximum absolute atomic E-state index is 12.5. The first-order valence-corrected chi connectivity index (χ1v) is 12.1. The lowest BCUT2D eigenvalue weighted by Gasteiger charge is -2.09. The predicted molar refractivity (Wildman–Crippen MR) is 144 cm³/mol. The number of hydrogen-bond acceptors (Lipinski definition) is 6. The van der Waals surface area contributed by atoms with Crippen LogP contribution in [0.15, 0.2) is 94.8 Å². The SMILES string of the molecule is O=C1NC(=Nc2ccc([N+](=O)[O-])cc2Cl)S/C1=C/c1cccc(OCc2cccc3ccccc23)c1. The molecule has 0 unspecified atom stereocenters. The van der Waals surface area contributed by atoms with Crippen molar-refractivity contribution in [2.24, 2.45) is 4.99 Å². The Balaban J connectivity index is 1.31. The minimum absolute atomic E-state index is 0.125. The van der Waals surface area contributed by atoms with Gasteiger partial charge in [-0.05, 0) is 57.9 Å². The van der Waals surface area contributed by atoms with E-state index >= 15 is 0 Å². The maximum atomic E-state index is 12.5. The second-order valence-corrected chi connectivity index (χ2v) is 9.31. The van der Waals surface area contributed by atoms with Gasteiger partial charge in [0, 0.05) is 12.1 Å². The summed E-state index contributed by atoms with van der Waals surface area (Å²) in [6.07, 6.45) is 1.75. The zero-order valence-corrected chi connectivity index (χ0v) is 20.3. The van der Waals surface area contributed by atoms with Crippen molar-refractivity contribution in [1.29, 1.82) is 0 Å². The third-order valence-corrected chi connectivity index (χ3v) is 6.66. The van der Waals surface area contributed by atoms with E-state index in [2.05, 4.69) is 28.5 Å². The van der Waals surface area contributed by atoms with Gasteiger partial charge in [0.25, 0.3) is 11.6 Å². The zero-order valence-electron chi connectivity index (χ0n) is 18.7. The van der Waals surface area contributed by atoms with Crippen molar-refractivity contribution in [1.82, 2.24) is 5.32 Å². The maximum Gasteiger partial charge on any atom is 0.271 e. The van der Waals surface area contributed by atoms with Gasteiger partial charge in [0.2, 0.25) is 0 Å². The molecule has 9 heteroatoms. The van der Waals surface area contributed by atoms with E-state index in [4.69, 9.17) is 16.3 Å². The zero-order chi connectivity index (χ0) is 25.1. The number of rotatable bonds is 6. The van der Waals surface area contributed by atoms with Crippen molar-refractivity contribution in [2.75, 3.05) is 0 Å². The molecule has 5 rings (SSSR count). The third-order valence-electron chi connectivity index (χ3n) is 5.45. The highest BCUT2D eigenvalue weighted by molar-refractivity contribution is 8.18. The molecule has 1 fully saturated rings. The monoisotopic (exact) mass is 515 g/mol. The smallest absolute Gasteiger partial charge is 0.271 e. The number of amidine groups is 1. The van der Waals surface area contributed by atoms with E-state index in [0.717, 1.165) is 33.7 Å². The fourth-order valence-corrected chi connectivity index (χ4v) is 4.77. The number of amides is 1. The molecule has 7 nitrogen and oxygen atoms in total. The van der Waals surface area contributed by atoms with Crippen molar-refractivity contribution >= 4 is 62.7 Å². The number of nitrogens with one attached hydrogen (secondary N) is 1. The summed E-state index contributed by atoms with van der Waals surface area (Å²) in [6, 6.07) is 25.8. The Kier molecular flexibility index (Phi) is 6.71. The number of carbonyl (C=O) groups is 1. The highest BCUT2D eigenvalue weighted by Crippen LogP contribution is 2.33. The standard InChI is InChI=1S/C27H18ClN3O4S/c28-23-15-20(31(33)34)11-12-24(23)29-27-30-26(32)25(36-27)14-17-5-3-9-21(13-17)35-16-19-8-4-7-18-6-1-2-10-22(18)19/h1-15H,16H2,(H,29,30,32)/b25-14+. The quantitative estimate of drug-likeness (QED) is 0.172. The van der Waals surface area contributed by atoms with Crippen LogP contribution in [0.1, 0.15) is 11.1 Å². The number of hydrogen-bond donors (Lipinski definition) is 1. The van der Waals surface area contributed by atoms with Gasteiger partial charge in [-0.3, -0.25) is 14.9 Å². The lowest BCUT2D eigenvalue weighted by atomic mass is 10.1. The minimum atomic E-state index is -0.532. The molecule has 0 saturated carbocycles. The average molecular weight is 516 g/mol. The number of nitrogens with zero attached hydrogens (tertiary/aromatic N) is 2. The number of halogens is 1. The number of thioether (sulfide) groups is 1. The van der Waals surface area contributed by atoms with Crippen LogP contribution in [0.25, 0.3) is 16.8 Å². The van der Waals surface area contributed by atoms with Crippen molar-refractivity contribution in [3.63, 3.8) is 0 Å². The van der Waals surface area contributed by atoms with Gasteiger partial charge in [-0.1, -0.05) is 66.2 Å². The molecule has 0 radical (unpaired) electrons. The Hall–Kier alpha value is -4.14. The Morgan fingerprint density at radius 1 is 1.03 bits per heavy atom. The molecule has 36 heavy (non-hydrogen) atoms. The largest absolute Gasteiger partial charge is 0.489 e. The van der Waals surface area contributed by atoms with Gasteiger partial charge < -0.3 is 10.1 Å². The summed E-state index contributed by atoms with van der Waals surface area (Å²) in [5.41, 5.74) is 2.09. The van der Waals surface area contributed by atoms with Crippen LogP contribution >= 0.6 is 23.4 Å². The number of nitro benzene ring substituents is 1. The molecule has 1 heterocycles. The number of benzene rings is 4. The average Bonchev–Trinajstić information content (AvgIpc) is 3.22. The summed E-state index contributed by atoms with van der Waals surface area (Å²) in [5.74, 6) is 0.395. The molecule has 1 amide bonds. The van der Waals surface area contributed by atoms with Crippen LogP contribution in [0.2, 0.25) is 5.02 Å². The molecule has 1 aliphatic heterocycles. The highest BCUT2D eigenvalue weighted by atomic mass is 35.5. The second kappa shape index (κ2) is 10.2.